The van der Waals surface area contributed by atoms with Crippen molar-refractivity contribution in [2.45, 2.75) is 48.9 Å². The van der Waals surface area contributed by atoms with Gasteiger partial charge in [0.1, 0.15) is 11.9 Å². The van der Waals surface area contributed by atoms with E-state index in [0.717, 1.165) is 15.7 Å². The minimum atomic E-state index is -0.932. The summed E-state index contributed by atoms with van der Waals surface area (Å²) in [5, 5.41) is 11.7. The molecule has 0 spiro atoms. The van der Waals surface area contributed by atoms with Crippen LogP contribution in [0.15, 0.2) is 40.6 Å². The minimum Gasteiger partial charge on any atom is -0.378 e. The Labute approximate surface area is 169 Å². The molecule has 7 nitrogen and oxygen atoms in total. The summed E-state index contributed by atoms with van der Waals surface area (Å²) in [6, 6.07) is 7.61. The number of benzene rings is 1. The zero-order valence-corrected chi connectivity index (χ0v) is 17.6. The Bertz CT molecular complexity index is 795. The highest BCUT2D eigenvalue weighted by molar-refractivity contribution is 7.99. The first kappa shape index (κ1) is 21.7. The van der Waals surface area contributed by atoms with E-state index in [-0.39, 0.29) is 24.4 Å². The smallest absolute Gasteiger partial charge is 0.245 e. The van der Waals surface area contributed by atoms with Crippen LogP contribution in [0.4, 0.5) is 5.69 Å². The van der Waals surface area contributed by atoms with Gasteiger partial charge in [0.2, 0.25) is 5.91 Å². The van der Waals surface area contributed by atoms with Crippen LogP contribution in [0.2, 0.25) is 0 Å². The summed E-state index contributed by atoms with van der Waals surface area (Å²) < 4.78 is 7.54. The Morgan fingerprint density at radius 2 is 2.07 bits per heavy atom. The first-order chi connectivity index (χ1) is 12.3. The predicted octanol–water partition coefficient (Wildman–Crippen LogP) is 2.86. The van der Waals surface area contributed by atoms with Crippen molar-refractivity contribution >= 4 is 35.8 Å². The third-order valence-electron chi connectivity index (χ3n) is 5.23. The van der Waals surface area contributed by atoms with E-state index in [2.05, 4.69) is 15.5 Å². The van der Waals surface area contributed by atoms with Crippen molar-refractivity contribution in [2.24, 2.45) is 18.2 Å². The van der Waals surface area contributed by atoms with Gasteiger partial charge in [-0.1, -0.05) is 13.8 Å². The molecular weight excluding hydrogens is 386 g/mol. The fourth-order valence-corrected chi connectivity index (χ4v) is 3.90. The van der Waals surface area contributed by atoms with Crippen LogP contribution in [-0.4, -0.2) is 38.9 Å². The average Bonchev–Trinajstić information content (AvgIpc) is 3.01. The number of aryl methyl sites for hydroxylation is 1. The Hall–Kier alpha value is -1.61. The van der Waals surface area contributed by atoms with E-state index in [0.29, 0.717) is 13.0 Å². The fourth-order valence-electron chi connectivity index (χ4n) is 3.14. The van der Waals surface area contributed by atoms with Crippen molar-refractivity contribution in [1.82, 2.24) is 14.8 Å². The lowest BCUT2D eigenvalue weighted by Crippen LogP contribution is -2.74. The SMILES string of the molecule is CCOC1CC(N)(C(=O)Nc2ccc(Sc3nncn3C)cc2)C1(C)C.Cl. The molecule has 1 aromatic heterocycles. The number of ether oxygens (including phenoxy) is 1. The number of amides is 1. The van der Waals surface area contributed by atoms with Crippen LogP contribution in [0.3, 0.4) is 0 Å². The van der Waals surface area contributed by atoms with Gasteiger partial charge < -0.3 is 20.4 Å². The number of anilines is 1. The average molecular weight is 412 g/mol. The van der Waals surface area contributed by atoms with Gasteiger partial charge in [0.25, 0.3) is 0 Å². The number of nitrogens with one attached hydrogen (secondary N) is 1. The first-order valence-electron chi connectivity index (χ1n) is 8.62. The van der Waals surface area contributed by atoms with Crippen molar-refractivity contribution in [3.8, 4) is 0 Å². The van der Waals surface area contributed by atoms with E-state index in [1.54, 1.807) is 6.33 Å². The summed E-state index contributed by atoms with van der Waals surface area (Å²) in [5.74, 6) is -0.174. The van der Waals surface area contributed by atoms with E-state index in [1.165, 1.54) is 11.8 Å². The Balaban J connectivity index is 0.00000261. The zero-order chi connectivity index (χ0) is 18.9. The largest absolute Gasteiger partial charge is 0.378 e. The summed E-state index contributed by atoms with van der Waals surface area (Å²) in [6.07, 6.45) is 2.20. The molecule has 1 aromatic carbocycles. The standard InChI is InChI=1S/C18H25N5O2S.ClH/c1-5-25-14-10-18(19,17(14,2)3)15(24)21-12-6-8-13(9-7-12)26-16-22-20-11-23(16)4;/h6-9,11,14H,5,10,19H2,1-4H3,(H,21,24);1H. The second-order valence-corrected chi connectivity index (χ2v) is 8.19. The highest BCUT2D eigenvalue weighted by atomic mass is 35.5. The minimum absolute atomic E-state index is 0. The van der Waals surface area contributed by atoms with Gasteiger partial charge in [-0.2, -0.15) is 0 Å². The lowest BCUT2D eigenvalue weighted by atomic mass is 9.54. The number of aromatic nitrogens is 3. The monoisotopic (exact) mass is 411 g/mol. The van der Waals surface area contributed by atoms with E-state index in [4.69, 9.17) is 10.5 Å². The summed E-state index contributed by atoms with van der Waals surface area (Å²) in [7, 11) is 1.90. The first-order valence-corrected chi connectivity index (χ1v) is 9.43. The second-order valence-electron chi connectivity index (χ2n) is 7.15. The molecule has 2 atom stereocenters. The van der Waals surface area contributed by atoms with Gasteiger partial charge in [0.15, 0.2) is 5.16 Å². The summed E-state index contributed by atoms with van der Waals surface area (Å²) in [5.41, 5.74) is 5.80. The van der Waals surface area contributed by atoms with Crippen LogP contribution >= 0.6 is 24.2 Å². The molecule has 148 valence electrons. The molecule has 1 aliphatic rings. The number of halogens is 1. The van der Waals surface area contributed by atoms with Crippen LogP contribution in [0.1, 0.15) is 27.2 Å². The number of hydrogen-bond acceptors (Lipinski definition) is 6. The third-order valence-corrected chi connectivity index (χ3v) is 6.29. The molecule has 0 saturated heterocycles. The van der Waals surface area contributed by atoms with Crippen LogP contribution in [-0.2, 0) is 16.6 Å². The molecule has 1 aliphatic carbocycles. The molecule has 1 heterocycles. The molecular formula is C18H26ClN5O2S. The number of nitrogens with two attached hydrogens (primary N) is 1. The Morgan fingerprint density at radius 3 is 2.59 bits per heavy atom. The van der Waals surface area contributed by atoms with Gasteiger partial charge in [-0.15, -0.1) is 22.6 Å². The number of carbonyl (C=O) groups excluding carboxylic acids is 1. The molecule has 27 heavy (non-hydrogen) atoms. The summed E-state index contributed by atoms with van der Waals surface area (Å²) in [6.45, 7) is 6.54. The number of nitrogens with zero attached hydrogens (tertiary/aromatic N) is 3. The highest BCUT2D eigenvalue weighted by Gasteiger charge is 2.62. The molecule has 1 fully saturated rings. The molecule has 2 unspecified atom stereocenters. The van der Waals surface area contributed by atoms with E-state index >= 15 is 0 Å². The quantitative estimate of drug-likeness (QED) is 0.758. The lowest BCUT2D eigenvalue weighted by molar-refractivity contribution is -0.166. The molecule has 3 rings (SSSR count). The maximum Gasteiger partial charge on any atom is 0.245 e. The third kappa shape index (κ3) is 3.99. The summed E-state index contributed by atoms with van der Waals surface area (Å²) in [4.78, 5) is 13.8. The zero-order valence-electron chi connectivity index (χ0n) is 15.9. The van der Waals surface area contributed by atoms with Crippen molar-refractivity contribution in [3.05, 3.63) is 30.6 Å². The normalized spacial score (nSPS) is 23.2. The van der Waals surface area contributed by atoms with Crippen molar-refractivity contribution < 1.29 is 9.53 Å². The number of rotatable bonds is 6. The second kappa shape index (κ2) is 8.18. The molecule has 0 radical (unpaired) electrons. The van der Waals surface area contributed by atoms with Gasteiger partial charge in [-0.25, -0.2) is 0 Å². The Morgan fingerprint density at radius 1 is 1.41 bits per heavy atom. The molecule has 2 aromatic rings. The van der Waals surface area contributed by atoms with Crippen LogP contribution in [0, 0.1) is 5.41 Å². The summed E-state index contributed by atoms with van der Waals surface area (Å²) >= 11 is 1.51. The molecule has 0 aliphatic heterocycles. The molecule has 3 N–H and O–H groups in total. The number of hydrogen-bond donors (Lipinski definition) is 2. The van der Waals surface area contributed by atoms with E-state index in [9.17, 15) is 4.79 Å². The predicted molar refractivity (Wildman–Crippen MR) is 108 cm³/mol. The van der Waals surface area contributed by atoms with Crippen molar-refractivity contribution in [3.63, 3.8) is 0 Å². The van der Waals surface area contributed by atoms with E-state index in [1.807, 2.05) is 56.7 Å². The molecule has 0 bridgehead atoms. The lowest BCUT2D eigenvalue weighted by Gasteiger charge is -2.57. The topological polar surface area (TPSA) is 95.1 Å². The maximum absolute atomic E-state index is 12.7. The highest BCUT2D eigenvalue weighted by Crippen LogP contribution is 2.50. The molecule has 9 heteroatoms. The number of carbonyl (C=O) groups is 1. The van der Waals surface area contributed by atoms with Gasteiger partial charge in [0, 0.05) is 36.1 Å². The molecule has 1 amide bonds. The maximum atomic E-state index is 12.7. The molecule has 1 saturated carbocycles. The van der Waals surface area contributed by atoms with Crippen LogP contribution in [0.5, 0.6) is 0 Å². The van der Waals surface area contributed by atoms with Crippen LogP contribution < -0.4 is 11.1 Å². The van der Waals surface area contributed by atoms with Crippen LogP contribution in [0.25, 0.3) is 0 Å². The van der Waals surface area contributed by atoms with Gasteiger partial charge in [-0.3, -0.25) is 4.79 Å². The van der Waals surface area contributed by atoms with Gasteiger partial charge >= 0.3 is 0 Å². The van der Waals surface area contributed by atoms with Crippen molar-refractivity contribution in [1.29, 1.82) is 0 Å². The fraction of sp³-hybridized carbons (Fsp3) is 0.500. The van der Waals surface area contributed by atoms with Crippen molar-refractivity contribution in [2.75, 3.05) is 11.9 Å². The Kier molecular flexibility index (Phi) is 6.57. The van der Waals surface area contributed by atoms with E-state index < -0.39 is 11.0 Å². The van der Waals surface area contributed by atoms with Gasteiger partial charge in [0.05, 0.1) is 6.10 Å². The van der Waals surface area contributed by atoms with Gasteiger partial charge in [-0.05, 0) is 43.0 Å².